The molecule has 2 N–H and O–H groups in total. The van der Waals surface area contributed by atoms with E-state index in [0.29, 0.717) is 18.0 Å². The summed E-state index contributed by atoms with van der Waals surface area (Å²) in [6.07, 6.45) is 5.29. The largest absolute Gasteiger partial charge is 0.481 e. The molecule has 1 atom stereocenters. The first kappa shape index (κ1) is 21.5. The van der Waals surface area contributed by atoms with Gasteiger partial charge < -0.3 is 20.1 Å². The Labute approximate surface area is 186 Å². The lowest BCUT2D eigenvalue weighted by atomic mass is 9.90. The number of pyridine rings is 2. The Morgan fingerprint density at radius 2 is 1.97 bits per heavy atom. The molecule has 2 amide bonds. The molecule has 3 aromatic rings. The fraction of sp³-hybridized carbons (Fsp3) is 0.250. The smallest absolute Gasteiger partial charge is 0.254 e. The first-order chi connectivity index (χ1) is 15.5. The van der Waals surface area contributed by atoms with Gasteiger partial charge in [0, 0.05) is 43.2 Å². The van der Waals surface area contributed by atoms with Crippen LogP contribution in [0.4, 0.5) is 0 Å². The van der Waals surface area contributed by atoms with E-state index >= 15 is 0 Å². The highest BCUT2D eigenvalue weighted by Crippen LogP contribution is 2.26. The van der Waals surface area contributed by atoms with Crippen LogP contribution in [0.15, 0.2) is 67.1 Å². The van der Waals surface area contributed by atoms with E-state index in [4.69, 9.17) is 15.2 Å². The summed E-state index contributed by atoms with van der Waals surface area (Å²) in [7, 11) is 1.49. The third-order valence-electron chi connectivity index (χ3n) is 5.55. The highest BCUT2D eigenvalue weighted by atomic mass is 16.5. The number of ether oxygens (including phenoxy) is 2. The molecule has 0 spiro atoms. The van der Waals surface area contributed by atoms with Gasteiger partial charge >= 0.3 is 0 Å². The lowest BCUT2D eigenvalue weighted by Crippen LogP contribution is -2.61. The van der Waals surface area contributed by atoms with Gasteiger partial charge in [-0.2, -0.15) is 0 Å². The number of carbonyl (C=O) groups is 2. The molecular weight excluding hydrogens is 408 g/mol. The molecule has 3 heterocycles. The Morgan fingerprint density at radius 1 is 1.16 bits per heavy atom. The Morgan fingerprint density at radius 3 is 2.66 bits per heavy atom. The molecular formula is C24H24N4O4. The number of hydrogen-bond acceptors (Lipinski definition) is 6. The normalized spacial score (nSPS) is 18.2. The SMILES string of the molecule is COc1cc(C(=O)N2CCO[C@](Cc3ccc(-c4cccnc4)cc3)(C(N)=O)C2)ccn1. The molecule has 4 rings (SSSR count). The molecule has 1 aliphatic rings. The Kier molecular flexibility index (Phi) is 6.13. The van der Waals surface area contributed by atoms with Crippen molar-refractivity contribution in [1.82, 2.24) is 14.9 Å². The van der Waals surface area contributed by atoms with Crippen molar-refractivity contribution in [1.29, 1.82) is 0 Å². The van der Waals surface area contributed by atoms with Crippen LogP contribution in [-0.4, -0.2) is 59.1 Å². The molecule has 1 aliphatic heterocycles. The monoisotopic (exact) mass is 432 g/mol. The highest BCUT2D eigenvalue weighted by Gasteiger charge is 2.44. The van der Waals surface area contributed by atoms with Gasteiger partial charge in [0.05, 0.1) is 20.3 Å². The van der Waals surface area contributed by atoms with Gasteiger partial charge in [-0.05, 0) is 28.8 Å². The van der Waals surface area contributed by atoms with Crippen LogP contribution < -0.4 is 10.5 Å². The zero-order valence-corrected chi connectivity index (χ0v) is 17.7. The van der Waals surface area contributed by atoms with Gasteiger partial charge in [-0.25, -0.2) is 4.98 Å². The quantitative estimate of drug-likeness (QED) is 0.639. The summed E-state index contributed by atoms with van der Waals surface area (Å²) >= 11 is 0. The predicted octanol–water partition coefficient (Wildman–Crippen LogP) is 2.09. The van der Waals surface area contributed by atoms with Gasteiger partial charge in [0.1, 0.15) is 0 Å². The van der Waals surface area contributed by atoms with Crippen molar-refractivity contribution < 1.29 is 19.1 Å². The molecule has 0 bridgehead atoms. The average Bonchev–Trinajstić information content (AvgIpc) is 2.84. The minimum Gasteiger partial charge on any atom is -0.481 e. The number of rotatable bonds is 6. The number of benzene rings is 1. The number of amides is 2. The van der Waals surface area contributed by atoms with Crippen LogP contribution in [-0.2, 0) is 16.0 Å². The lowest BCUT2D eigenvalue weighted by Gasteiger charge is -2.40. The fourth-order valence-corrected chi connectivity index (χ4v) is 3.82. The molecule has 1 aromatic carbocycles. The van der Waals surface area contributed by atoms with Crippen molar-refractivity contribution >= 4 is 11.8 Å². The maximum atomic E-state index is 13.1. The summed E-state index contributed by atoms with van der Waals surface area (Å²) in [6.45, 7) is 0.638. The summed E-state index contributed by atoms with van der Waals surface area (Å²) in [5, 5.41) is 0. The summed E-state index contributed by atoms with van der Waals surface area (Å²) in [5.74, 6) is -0.482. The number of morpholine rings is 1. The molecule has 0 radical (unpaired) electrons. The van der Waals surface area contributed by atoms with Crippen molar-refractivity contribution in [3.8, 4) is 17.0 Å². The molecule has 1 saturated heterocycles. The number of carbonyl (C=O) groups excluding carboxylic acids is 2. The minimum atomic E-state index is -1.30. The molecule has 2 aromatic heterocycles. The molecule has 0 unspecified atom stereocenters. The van der Waals surface area contributed by atoms with Gasteiger partial charge in [0.25, 0.3) is 11.8 Å². The van der Waals surface area contributed by atoms with Crippen molar-refractivity contribution in [2.24, 2.45) is 5.73 Å². The number of hydrogen-bond donors (Lipinski definition) is 1. The van der Waals surface area contributed by atoms with Crippen molar-refractivity contribution in [2.75, 3.05) is 26.8 Å². The maximum absolute atomic E-state index is 13.1. The van der Waals surface area contributed by atoms with Crippen LogP contribution in [0.2, 0.25) is 0 Å². The topological polar surface area (TPSA) is 108 Å². The second-order valence-electron chi connectivity index (χ2n) is 7.64. The average molecular weight is 432 g/mol. The summed E-state index contributed by atoms with van der Waals surface area (Å²) in [4.78, 5) is 35.3. The zero-order chi connectivity index (χ0) is 22.6. The Bertz CT molecular complexity index is 1100. The van der Waals surface area contributed by atoms with Crippen LogP contribution in [0, 0.1) is 0 Å². The second kappa shape index (κ2) is 9.15. The molecule has 32 heavy (non-hydrogen) atoms. The number of nitrogens with zero attached hydrogens (tertiary/aromatic N) is 3. The predicted molar refractivity (Wildman–Crippen MR) is 118 cm³/mol. The van der Waals surface area contributed by atoms with Crippen LogP contribution in [0.3, 0.4) is 0 Å². The van der Waals surface area contributed by atoms with Gasteiger partial charge in [-0.15, -0.1) is 0 Å². The van der Waals surface area contributed by atoms with E-state index in [9.17, 15) is 9.59 Å². The van der Waals surface area contributed by atoms with E-state index in [1.54, 1.807) is 29.4 Å². The molecule has 8 nitrogen and oxygen atoms in total. The third-order valence-corrected chi connectivity index (χ3v) is 5.55. The zero-order valence-electron chi connectivity index (χ0n) is 17.7. The summed E-state index contributed by atoms with van der Waals surface area (Å²) < 4.78 is 11.0. The van der Waals surface area contributed by atoms with Crippen molar-refractivity contribution in [3.05, 3.63) is 78.2 Å². The number of aromatic nitrogens is 2. The third kappa shape index (κ3) is 4.45. The number of primary amides is 1. The van der Waals surface area contributed by atoms with E-state index in [2.05, 4.69) is 9.97 Å². The number of nitrogens with two attached hydrogens (primary N) is 1. The lowest BCUT2D eigenvalue weighted by molar-refractivity contribution is -0.153. The second-order valence-corrected chi connectivity index (χ2v) is 7.64. The summed E-state index contributed by atoms with van der Waals surface area (Å²) in [6, 6.07) is 14.9. The first-order valence-corrected chi connectivity index (χ1v) is 10.2. The van der Waals surface area contributed by atoms with Gasteiger partial charge in [-0.3, -0.25) is 14.6 Å². The van der Waals surface area contributed by atoms with Gasteiger partial charge in [0.2, 0.25) is 5.88 Å². The van der Waals surface area contributed by atoms with E-state index in [1.807, 2.05) is 36.4 Å². The summed E-state index contributed by atoms with van der Waals surface area (Å²) in [5.41, 5.74) is 7.81. The van der Waals surface area contributed by atoms with E-state index in [1.165, 1.54) is 13.3 Å². The van der Waals surface area contributed by atoms with Crippen LogP contribution >= 0.6 is 0 Å². The fourth-order valence-electron chi connectivity index (χ4n) is 3.82. The van der Waals surface area contributed by atoms with Gasteiger partial charge in [0.15, 0.2) is 5.60 Å². The van der Waals surface area contributed by atoms with E-state index in [0.717, 1.165) is 16.7 Å². The first-order valence-electron chi connectivity index (χ1n) is 10.2. The molecule has 8 heteroatoms. The van der Waals surface area contributed by atoms with Crippen molar-refractivity contribution in [2.45, 2.75) is 12.0 Å². The molecule has 164 valence electrons. The minimum absolute atomic E-state index is 0.0656. The van der Waals surface area contributed by atoms with Crippen molar-refractivity contribution in [3.63, 3.8) is 0 Å². The Balaban J connectivity index is 1.54. The van der Waals surface area contributed by atoms with Crippen LogP contribution in [0.25, 0.3) is 11.1 Å². The van der Waals surface area contributed by atoms with E-state index in [-0.39, 0.29) is 25.5 Å². The van der Waals surface area contributed by atoms with E-state index < -0.39 is 11.5 Å². The maximum Gasteiger partial charge on any atom is 0.254 e. The standard InChI is InChI=1S/C24H24N4O4/c1-31-21-13-19(8-10-27-21)22(29)28-11-12-32-24(16-28,23(25)30)14-17-4-6-18(7-5-17)20-3-2-9-26-15-20/h2-10,13,15H,11-12,14,16H2,1H3,(H2,25,30)/t24-/m0/s1. The van der Waals surface area contributed by atoms with Gasteiger partial charge in [-0.1, -0.05) is 30.3 Å². The number of methoxy groups -OCH3 is 1. The van der Waals surface area contributed by atoms with Crippen LogP contribution in [0.1, 0.15) is 15.9 Å². The van der Waals surface area contributed by atoms with Crippen LogP contribution in [0.5, 0.6) is 5.88 Å². The highest BCUT2D eigenvalue weighted by molar-refractivity contribution is 5.95. The molecule has 0 aliphatic carbocycles. The Hall–Kier alpha value is -3.78. The molecule has 0 saturated carbocycles. The molecule has 1 fully saturated rings.